The highest BCUT2D eigenvalue weighted by atomic mass is 127. The van der Waals surface area contributed by atoms with Crippen molar-refractivity contribution >= 4 is 29.9 Å². The quantitative estimate of drug-likeness (QED) is 0.836. The van der Waals surface area contributed by atoms with Gasteiger partial charge in [0.25, 0.3) is 0 Å². The van der Waals surface area contributed by atoms with E-state index in [0.29, 0.717) is 6.54 Å². The maximum Gasteiger partial charge on any atom is 0.194 e. The van der Waals surface area contributed by atoms with Crippen molar-refractivity contribution in [1.82, 2.24) is 10.2 Å². The third-order valence-electron chi connectivity index (χ3n) is 2.42. The van der Waals surface area contributed by atoms with Gasteiger partial charge in [-0.1, -0.05) is 12.1 Å². The summed E-state index contributed by atoms with van der Waals surface area (Å²) in [5.41, 5.74) is 1.06. The molecule has 1 aliphatic rings. The third-order valence-corrected chi connectivity index (χ3v) is 2.42. The van der Waals surface area contributed by atoms with Crippen LogP contribution < -0.4 is 5.32 Å². The van der Waals surface area contributed by atoms with Crippen LogP contribution in [0, 0.1) is 5.82 Å². The molecule has 0 unspecified atom stereocenters. The summed E-state index contributed by atoms with van der Waals surface area (Å²) in [5.74, 6) is 0.716. The summed E-state index contributed by atoms with van der Waals surface area (Å²) < 4.78 is 12.6. The molecule has 2 rings (SSSR count). The number of hydrogen-bond donors (Lipinski definition) is 1. The lowest BCUT2D eigenvalue weighted by Gasteiger charge is -2.15. The van der Waals surface area contributed by atoms with Crippen LogP contribution in [0.5, 0.6) is 0 Å². The highest BCUT2D eigenvalue weighted by molar-refractivity contribution is 14.0. The third kappa shape index (κ3) is 3.33. The van der Waals surface area contributed by atoms with Gasteiger partial charge in [0.1, 0.15) is 5.82 Å². The molecule has 1 aromatic rings. The van der Waals surface area contributed by atoms with Crippen LogP contribution in [0.15, 0.2) is 29.3 Å². The minimum absolute atomic E-state index is 0. The van der Waals surface area contributed by atoms with Crippen molar-refractivity contribution in [3.63, 3.8) is 0 Å². The van der Waals surface area contributed by atoms with Gasteiger partial charge in [-0.3, -0.25) is 4.99 Å². The Morgan fingerprint density at radius 2 is 2.06 bits per heavy atom. The Kier molecular flexibility index (Phi) is 4.98. The number of hydrogen-bond acceptors (Lipinski definition) is 3. The second-order valence-electron chi connectivity index (χ2n) is 3.61. The second-order valence-corrected chi connectivity index (χ2v) is 3.61. The monoisotopic (exact) mass is 335 g/mol. The zero-order valence-corrected chi connectivity index (χ0v) is 11.4. The van der Waals surface area contributed by atoms with E-state index in [-0.39, 0.29) is 29.8 Å². The SMILES string of the molecule is CN1CCN=C1NCc1ccc(F)cc1.I. The van der Waals surface area contributed by atoms with Crippen LogP contribution >= 0.6 is 24.0 Å². The number of halogens is 2. The van der Waals surface area contributed by atoms with Crippen LogP contribution in [0.25, 0.3) is 0 Å². The predicted molar refractivity (Wildman–Crippen MR) is 73.6 cm³/mol. The fourth-order valence-electron chi connectivity index (χ4n) is 1.51. The molecule has 0 saturated carbocycles. The molecule has 0 fully saturated rings. The van der Waals surface area contributed by atoms with Gasteiger partial charge in [-0.05, 0) is 17.7 Å². The molecule has 0 radical (unpaired) electrons. The number of nitrogens with zero attached hydrogens (tertiary/aromatic N) is 2. The van der Waals surface area contributed by atoms with E-state index in [2.05, 4.69) is 15.2 Å². The Hall–Kier alpha value is -0.850. The van der Waals surface area contributed by atoms with Crippen molar-refractivity contribution in [3.8, 4) is 0 Å². The van der Waals surface area contributed by atoms with Gasteiger partial charge in [-0.2, -0.15) is 0 Å². The molecule has 1 aliphatic heterocycles. The van der Waals surface area contributed by atoms with E-state index in [9.17, 15) is 4.39 Å². The maximum absolute atomic E-state index is 12.6. The van der Waals surface area contributed by atoms with Crippen molar-refractivity contribution in [2.45, 2.75) is 6.54 Å². The molecule has 0 aromatic heterocycles. The van der Waals surface area contributed by atoms with Gasteiger partial charge in [-0.25, -0.2) is 4.39 Å². The van der Waals surface area contributed by atoms with Crippen molar-refractivity contribution in [1.29, 1.82) is 0 Å². The van der Waals surface area contributed by atoms with E-state index >= 15 is 0 Å². The molecular formula is C11H15FIN3. The normalized spacial score (nSPS) is 14.4. The van der Waals surface area contributed by atoms with Crippen molar-refractivity contribution in [2.24, 2.45) is 4.99 Å². The van der Waals surface area contributed by atoms with Crippen LogP contribution in [0.4, 0.5) is 4.39 Å². The second kappa shape index (κ2) is 6.03. The first kappa shape index (κ1) is 13.2. The molecule has 1 aromatic carbocycles. The molecule has 0 amide bonds. The molecule has 1 heterocycles. The highest BCUT2D eigenvalue weighted by Gasteiger charge is 2.10. The molecule has 16 heavy (non-hydrogen) atoms. The zero-order chi connectivity index (χ0) is 10.7. The summed E-state index contributed by atoms with van der Waals surface area (Å²) in [6.45, 7) is 2.50. The summed E-state index contributed by atoms with van der Waals surface area (Å²) in [7, 11) is 2.00. The smallest absolute Gasteiger partial charge is 0.194 e. The lowest BCUT2D eigenvalue weighted by molar-refractivity contribution is 0.534. The van der Waals surface area contributed by atoms with Gasteiger partial charge in [-0.15, -0.1) is 24.0 Å². The molecule has 0 spiro atoms. The van der Waals surface area contributed by atoms with Gasteiger partial charge in [0.15, 0.2) is 5.96 Å². The molecule has 1 N–H and O–H groups in total. The Morgan fingerprint density at radius 3 is 2.62 bits per heavy atom. The standard InChI is InChI=1S/C11H14FN3.HI/c1-15-7-6-13-11(15)14-8-9-2-4-10(12)5-3-9;/h2-5H,6-8H2,1H3,(H,13,14);1H. The summed E-state index contributed by atoms with van der Waals surface area (Å²) in [4.78, 5) is 6.38. The number of aliphatic imine (C=N–C) groups is 1. The van der Waals surface area contributed by atoms with Gasteiger partial charge < -0.3 is 10.2 Å². The van der Waals surface area contributed by atoms with Crippen LogP contribution in [0.2, 0.25) is 0 Å². The highest BCUT2D eigenvalue weighted by Crippen LogP contribution is 2.03. The molecule has 0 atom stereocenters. The Balaban J connectivity index is 0.00000128. The van der Waals surface area contributed by atoms with E-state index in [1.165, 1.54) is 12.1 Å². The molecule has 0 bridgehead atoms. The Bertz CT molecular complexity index is 364. The van der Waals surface area contributed by atoms with Crippen molar-refractivity contribution in [2.75, 3.05) is 20.1 Å². The van der Waals surface area contributed by atoms with E-state index in [1.807, 2.05) is 7.05 Å². The molecule has 0 aliphatic carbocycles. The fraction of sp³-hybridized carbons (Fsp3) is 0.364. The van der Waals surface area contributed by atoms with E-state index in [4.69, 9.17) is 0 Å². The molecular weight excluding hydrogens is 320 g/mol. The van der Waals surface area contributed by atoms with E-state index < -0.39 is 0 Å². The number of nitrogens with one attached hydrogen (secondary N) is 1. The number of benzene rings is 1. The molecule has 5 heteroatoms. The minimum Gasteiger partial charge on any atom is -0.352 e. The Morgan fingerprint density at radius 1 is 1.38 bits per heavy atom. The van der Waals surface area contributed by atoms with Crippen LogP contribution in [0.1, 0.15) is 5.56 Å². The Labute approximate surface area is 112 Å². The number of likely N-dealkylation sites (N-methyl/N-ethyl adjacent to an activating group) is 1. The van der Waals surface area contributed by atoms with Crippen molar-refractivity contribution < 1.29 is 4.39 Å². The lowest BCUT2D eigenvalue weighted by atomic mass is 10.2. The van der Waals surface area contributed by atoms with Crippen LogP contribution in [-0.2, 0) is 6.54 Å². The first-order chi connectivity index (χ1) is 7.25. The van der Waals surface area contributed by atoms with Crippen LogP contribution in [0.3, 0.4) is 0 Å². The maximum atomic E-state index is 12.6. The summed E-state index contributed by atoms with van der Waals surface area (Å²) >= 11 is 0. The number of guanidine groups is 1. The van der Waals surface area contributed by atoms with Gasteiger partial charge in [0.05, 0.1) is 6.54 Å². The van der Waals surface area contributed by atoms with Gasteiger partial charge >= 0.3 is 0 Å². The van der Waals surface area contributed by atoms with Crippen LogP contribution in [-0.4, -0.2) is 31.0 Å². The minimum atomic E-state index is -0.200. The van der Waals surface area contributed by atoms with E-state index in [0.717, 1.165) is 24.6 Å². The first-order valence-corrected chi connectivity index (χ1v) is 4.99. The first-order valence-electron chi connectivity index (χ1n) is 4.99. The molecule has 3 nitrogen and oxygen atoms in total. The van der Waals surface area contributed by atoms with Crippen molar-refractivity contribution in [3.05, 3.63) is 35.6 Å². The topological polar surface area (TPSA) is 27.6 Å². The van der Waals surface area contributed by atoms with Gasteiger partial charge in [0.2, 0.25) is 0 Å². The molecule has 0 saturated heterocycles. The largest absolute Gasteiger partial charge is 0.352 e. The summed E-state index contributed by atoms with van der Waals surface area (Å²) in [5, 5.41) is 3.22. The van der Waals surface area contributed by atoms with E-state index in [1.54, 1.807) is 12.1 Å². The average molecular weight is 335 g/mol. The predicted octanol–water partition coefficient (Wildman–Crippen LogP) is 1.83. The number of rotatable bonds is 2. The lowest BCUT2D eigenvalue weighted by Crippen LogP contribution is -2.35. The fourth-order valence-corrected chi connectivity index (χ4v) is 1.51. The van der Waals surface area contributed by atoms with Gasteiger partial charge in [0, 0.05) is 20.1 Å². The summed E-state index contributed by atoms with van der Waals surface area (Å²) in [6, 6.07) is 6.49. The molecule has 88 valence electrons. The average Bonchev–Trinajstić information content (AvgIpc) is 2.63. The zero-order valence-electron chi connectivity index (χ0n) is 9.11. The summed E-state index contributed by atoms with van der Waals surface area (Å²) in [6.07, 6.45) is 0.